The van der Waals surface area contributed by atoms with E-state index in [0.717, 1.165) is 24.3 Å². The van der Waals surface area contributed by atoms with Crippen LogP contribution in [0.3, 0.4) is 0 Å². The normalized spacial score (nSPS) is 11.1. The van der Waals surface area contributed by atoms with Crippen LogP contribution in [0.4, 0.5) is 18.9 Å². The van der Waals surface area contributed by atoms with Crippen molar-refractivity contribution in [3.05, 3.63) is 72.1 Å². The third-order valence-electron chi connectivity index (χ3n) is 4.04. The number of nitrogens with one attached hydrogen (secondary N) is 1. The van der Waals surface area contributed by atoms with Crippen molar-refractivity contribution in [3.8, 4) is 11.4 Å². The van der Waals surface area contributed by atoms with E-state index in [4.69, 9.17) is 9.47 Å². The molecule has 0 atom stereocenters. The third-order valence-corrected chi connectivity index (χ3v) is 4.04. The van der Waals surface area contributed by atoms with Gasteiger partial charge in [-0.1, -0.05) is 0 Å². The molecule has 1 N–H and O–H groups in total. The molecule has 0 saturated carbocycles. The number of esters is 1. The van der Waals surface area contributed by atoms with Gasteiger partial charge in [0, 0.05) is 11.9 Å². The predicted molar refractivity (Wildman–Crippen MR) is 105 cm³/mol. The van der Waals surface area contributed by atoms with E-state index in [1.165, 1.54) is 10.7 Å². The molecule has 0 unspecified atom stereocenters. The Hall–Kier alpha value is -3.82. The molecule has 0 radical (unpaired) electrons. The number of ether oxygens (including phenoxy) is 2. The standard InChI is InChI=1S/C21H18F3N3O4/c1-2-30-20(29)18-11-12-27(26-18)16-7-5-15(6-8-16)25-19(28)13-31-17-9-3-14(4-10-17)21(22,23)24/h3-12H,2,13H2,1H3,(H,25,28). The van der Waals surface area contributed by atoms with Gasteiger partial charge >= 0.3 is 12.1 Å². The summed E-state index contributed by atoms with van der Waals surface area (Å²) < 4.78 is 49.2. The Kier molecular flexibility index (Phi) is 6.58. The number of nitrogens with zero attached hydrogens (tertiary/aromatic N) is 2. The highest BCUT2D eigenvalue weighted by atomic mass is 19.4. The van der Waals surface area contributed by atoms with Crippen molar-refractivity contribution in [2.24, 2.45) is 0 Å². The lowest BCUT2D eigenvalue weighted by Gasteiger charge is -2.10. The molecule has 0 spiro atoms. The Morgan fingerprint density at radius 2 is 1.71 bits per heavy atom. The molecule has 2 aromatic carbocycles. The minimum atomic E-state index is -4.43. The zero-order chi connectivity index (χ0) is 22.4. The number of halogens is 3. The van der Waals surface area contributed by atoms with Crippen LogP contribution in [-0.2, 0) is 15.7 Å². The summed E-state index contributed by atoms with van der Waals surface area (Å²) >= 11 is 0. The SMILES string of the molecule is CCOC(=O)c1ccn(-c2ccc(NC(=O)COc3ccc(C(F)(F)F)cc3)cc2)n1. The minimum Gasteiger partial charge on any atom is -0.484 e. The van der Waals surface area contributed by atoms with Crippen molar-refractivity contribution in [3.63, 3.8) is 0 Å². The molecule has 3 aromatic rings. The number of hydrogen-bond acceptors (Lipinski definition) is 5. The van der Waals surface area contributed by atoms with Gasteiger partial charge in [0.15, 0.2) is 12.3 Å². The molecule has 7 nitrogen and oxygen atoms in total. The fourth-order valence-corrected chi connectivity index (χ4v) is 2.57. The molecular weight excluding hydrogens is 415 g/mol. The molecule has 1 heterocycles. The first-order valence-electron chi connectivity index (χ1n) is 9.19. The van der Waals surface area contributed by atoms with E-state index in [-0.39, 0.29) is 24.7 Å². The van der Waals surface area contributed by atoms with Gasteiger partial charge in [-0.2, -0.15) is 18.3 Å². The molecule has 0 aliphatic rings. The maximum absolute atomic E-state index is 12.5. The third kappa shape index (κ3) is 5.84. The fraction of sp³-hybridized carbons (Fsp3) is 0.190. The number of aromatic nitrogens is 2. The zero-order valence-electron chi connectivity index (χ0n) is 16.3. The molecule has 0 fully saturated rings. The van der Waals surface area contributed by atoms with Crippen molar-refractivity contribution < 1.29 is 32.2 Å². The number of hydrogen-bond donors (Lipinski definition) is 1. The van der Waals surface area contributed by atoms with Gasteiger partial charge in [0.2, 0.25) is 0 Å². The van der Waals surface area contributed by atoms with Crippen molar-refractivity contribution in [1.82, 2.24) is 9.78 Å². The monoisotopic (exact) mass is 433 g/mol. The van der Waals surface area contributed by atoms with Gasteiger partial charge in [0.05, 0.1) is 17.9 Å². The first-order chi connectivity index (χ1) is 14.8. The summed E-state index contributed by atoms with van der Waals surface area (Å²) in [7, 11) is 0. The minimum absolute atomic E-state index is 0.148. The van der Waals surface area contributed by atoms with Crippen LogP contribution >= 0.6 is 0 Å². The van der Waals surface area contributed by atoms with Gasteiger partial charge in [-0.15, -0.1) is 0 Å². The van der Waals surface area contributed by atoms with E-state index in [0.29, 0.717) is 11.4 Å². The van der Waals surface area contributed by atoms with E-state index in [1.54, 1.807) is 37.4 Å². The van der Waals surface area contributed by atoms with Crippen LogP contribution in [0.2, 0.25) is 0 Å². The summed E-state index contributed by atoms with van der Waals surface area (Å²) in [5.74, 6) is -0.843. The van der Waals surface area contributed by atoms with Gasteiger partial charge in [-0.3, -0.25) is 4.79 Å². The summed E-state index contributed by atoms with van der Waals surface area (Å²) in [5.41, 5.74) is 0.535. The Labute approximate surface area is 175 Å². The van der Waals surface area contributed by atoms with E-state index >= 15 is 0 Å². The van der Waals surface area contributed by atoms with Crippen molar-refractivity contribution in [2.45, 2.75) is 13.1 Å². The fourth-order valence-electron chi connectivity index (χ4n) is 2.57. The first kappa shape index (κ1) is 21.9. The van der Waals surface area contributed by atoms with Crippen LogP contribution in [0.25, 0.3) is 5.69 Å². The topological polar surface area (TPSA) is 82.5 Å². The molecule has 3 rings (SSSR count). The average Bonchev–Trinajstić information content (AvgIpc) is 3.23. The van der Waals surface area contributed by atoms with E-state index in [1.807, 2.05) is 0 Å². The van der Waals surface area contributed by atoms with E-state index in [2.05, 4.69) is 10.4 Å². The maximum atomic E-state index is 12.5. The highest BCUT2D eigenvalue weighted by Gasteiger charge is 2.30. The summed E-state index contributed by atoms with van der Waals surface area (Å²) in [6.07, 6.45) is -2.82. The van der Waals surface area contributed by atoms with E-state index in [9.17, 15) is 22.8 Å². The second kappa shape index (κ2) is 9.33. The maximum Gasteiger partial charge on any atom is 0.416 e. The largest absolute Gasteiger partial charge is 0.484 e. The number of carbonyl (C=O) groups is 2. The van der Waals surface area contributed by atoms with Crippen molar-refractivity contribution >= 4 is 17.6 Å². The predicted octanol–water partition coefficient (Wildman–Crippen LogP) is 4.09. The number of benzene rings is 2. The quantitative estimate of drug-likeness (QED) is 0.568. The van der Waals surface area contributed by atoms with Crippen LogP contribution in [0, 0.1) is 0 Å². The molecular formula is C21H18F3N3O4. The number of carbonyl (C=O) groups excluding carboxylic acids is 2. The van der Waals surface area contributed by atoms with Gasteiger partial charge < -0.3 is 14.8 Å². The Bertz CT molecular complexity index is 1040. The Morgan fingerprint density at radius 3 is 2.32 bits per heavy atom. The molecule has 0 aliphatic carbocycles. The summed E-state index contributed by atoms with van der Waals surface area (Å²) in [6, 6.07) is 12.3. The molecule has 10 heteroatoms. The van der Waals surface area contributed by atoms with Gasteiger partial charge in [0.25, 0.3) is 5.91 Å². The highest BCUT2D eigenvalue weighted by Crippen LogP contribution is 2.30. The lowest BCUT2D eigenvalue weighted by atomic mass is 10.2. The lowest BCUT2D eigenvalue weighted by molar-refractivity contribution is -0.137. The number of rotatable bonds is 7. The molecule has 31 heavy (non-hydrogen) atoms. The summed E-state index contributed by atoms with van der Waals surface area (Å²) in [5, 5.41) is 6.76. The smallest absolute Gasteiger partial charge is 0.416 e. The molecule has 1 amide bonds. The number of amides is 1. The van der Waals surface area contributed by atoms with Gasteiger partial charge in [-0.25, -0.2) is 9.48 Å². The Morgan fingerprint density at radius 1 is 1.03 bits per heavy atom. The van der Waals surface area contributed by atoms with E-state index < -0.39 is 23.6 Å². The molecule has 0 bridgehead atoms. The van der Waals surface area contributed by atoms with Crippen molar-refractivity contribution in [2.75, 3.05) is 18.5 Å². The van der Waals surface area contributed by atoms with Crippen LogP contribution in [-0.4, -0.2) is 34.9 Å². The average molecular weight is 433 g/mol. The number of anilines is 1. The molecule has 162 valence electrons. The molecule has 1 aromatic heterocycles. The highest BCUT2D eigenvalue weighted by molar-refractivity contribution is 5.92. The summed E-state index contributed by atoms with van der Waals surface area (Å²) in [6.45, 7) is 1.59. The Balaban J connectivity index is 1.54. The molecule has 0 saturated heterocycles. The first-order valence-corrected chi connectivity index (χ1v) is 9.19. The van der Waals surface area contributed by atoms with Gasteiger partial charge in [-0.05, 0) is 61.5 Å². The van der Waals surface area contributed by atoms with Crippen LogP contribution in [0.5, 0.6) is 5.75 Å². The van der Waals surface area contributed by atoms with Crippen molar-refractivity contribution in [1.29, 1.82) is 0 Å². The lowest BCUT2D eigenvalue weighted by Crippen LogP contribution is -2.20. The summed E-state index contributed by atoms with van der Waals surface area (Å²) in [4.78, 5) is 23.7. The van der Waals surface area contributed by atoms with Crippen LogP contribution in [0.1, 0.15) is 23.0 Å². The second-order valence-corrected chi connectivity index (χ2v) is 6.27. The van der Waals surface area contributed by atoms with Crippen LogP contribution in [0.15, 0.2) is 60.8 Å². The van der Waals surface area contributed by atoms with Crippen LogP contribution < -0.4 is 10.1 Å². The zero-order valence-corrected chi connectivity index (χ0v) is 16.3. The van der Waals surface area contributed by atoms with Gasteiger partial charge in [0.1, 0.15) is 5.75 Å². The molecule has 0 aliphatic heterocycles. The number of alkyl halides is 3. The second-order valence-electron chi connectivity index (χ2n) is 6.27.